The van der Waals surface area contributed by atoms with Crippen molar-refractivity contribution in [3.05, 3.63) is 29.8 Å². The Hall–Kier alpha value is -1.06. The van der Waals surface area contributed by atoms with Crippen LogP contribution in [0, 0.1) is 5.92 Å². The molecular formula is C17H28N2O. The lowest BCUT2D eigenvalue weighted by Crippen LogP contribution is -2.34. The third-order valence-electron chi connectivity index (χ3n) is 4.13. The van der Waals surface area contributed by atoms with Gasteiger partial charge in [0.1, 0.15) is 5.75 Å². The second-order valence-corrected chi connectivity index (χ2v) is 6.17. The van der Waals surface area contributed by atoms with Crippen molar-refractivity contribution >= 4 is 0 Å². The van der Waals surface area contributed by atoms with Crippen LogP contribution in [0.5, 0.6) is 5.75 Å². The Bertz CT molecular complexity index is 404. The minimum atomic E-state index is 0.0861. The molecule has 0 spiro atoms. The minimum Gasteiger partial charge on any atom is -0.494 e. The molecule has 112 valence electrons. The van der Waals surface area contributed by atoms with E-state index in [1.54, 1.807) is 0 Å². The van der Waals surface area contributed by atoms with Crippen molar-refractivity contribution in [1.82, 2.24) is 4.90 Å². The number of nitrogens with zero attached hydrogens (tertiary/aromatic N) is 1. The third-order valence-corrected chi connectivity index (χ3v) is 4.13. The van der Waals surface area contributed by atoms with Crippen LogP contribution >= 0.6 is 0 Å². The highest BCUT2D eigenvalue weighted by Gasteiger charge is 2.27. The molecule has 0 aliphatic carbocycles. The maximum absolute atomic E-state index is 6.35. The lowest BCUT2D eigenvalue weighted by atomic mass is 10.1. The average molecular weight is 276 g/mol. The van der Waals surface area contributed by atoms with E-state index >= 15 is 0 Å². The van der Waals surface area contributed by atoms with Gasteiger partial charge in [0.15, 0.2) is 0 Å². The van der Waals surface area contributed by atoms with Gasteiger partial charge in [-0.05, 0) is 43.4 Å². The maximum atomic E-state index is 6.35. The molecule has 0 aromatic heterocycles. The fourth-order valence-corrected chi connectivity index (χ4v) is 3.03. The molecule has 0 bridgehead atoms. The van der Waals surface area contributed by atoms with Crippen LogP contribution in [0.3, 0.4) is 0 Å². The van der Waals surface area contributed by atoms with Crippen molar-refractivity contribution in [2.24, 2.45) is 11.7 Å². The Kier molecular flexibility index (Phi) is 5.44. The van der Waals surface area contributed by atoms with E-state index in [9.17, 15) is 0 Å². The lowest BCUT2D eigenvalue weighted by Gasteiger charge is -2.25. The fourth-order valence-electron chi connectivity index (χ4n) is 3.03. The predicted octanol–water partition coefficient (Wildman–Crippen LogP) is 3.21. The summed E-state index contributed by atoms with van der Waals surface area (Å²) in [5.41, 5.74) is 7.55. The van der Waals surface area contributed by atoms with Crippen LogP contribution in [0.2, 0.25) is 0 Å². The van der Waals surface area contributed by atoms with Crippen LogP contribution in [0.1, 0.15) is 45.2 Å². The van der Waals surface area contributed by atoms with Crippen molar-refractivity contribution in [2.45, 2.75) is 45.7 Å². The highest BCUT2D eigenvalue weighted by Crippen LogP contribution is 2.25. The van der Waals surface area contributed by atoms with Crippen LogP contribution in [0.4, 0.5) is 0 Å². The molecule has 1 aliphatic heterocycles. The summed E-state index contributed by atoms with van der Waals surface area (Å²) in [6.45, 7) is 9.63. The number of ether oxygens (including phenoxy) is 1. The SMILES string of the molecule is CCCOc1ccc(C(N)CN2CC(C)CC2C)cc1. The van der Waals surface area contributed by atoms with Crippen molar-refractivity contribution in [3.8, 4) is 5.75 Å². The predicted molar refractivity (Wildman–Crippen MR) is 84.0 cm³/mol. The molecular weight excluding hydrogens is 248 g/mol. The van der Waals surface area contributed by atoms with Gasteiger partial charge in [0.05, 0.1) is 6.61 Å². The number of hydrogen-bond donors (Lipinski definition) is 1. The van der Waals surface area contributed by atoms with E-state index in [1.807, 2.05) is 12.1 Å². The monoisotopic (exact) mass is 276 g/mol. The molecule has 0 amide bonds. The van der Waals surface area contributed by atoms with Gasteiger partial charge in [-0.1, -0.05) is 26.0 Å². The number of rotatable bonds is 6. The molecule has 1 fully saturated rings. The number of benzene rings is 1. The van der Waals surface area contributed by atoms with Gasteiger partial charge < -0.3 is 10.5 Å². The molecule has 1 aromatic carbocycles. The first-order valence-corrected chi connectivity index (χ1v) is 7.82. The zero-order valence-corrected chi connectivity index (χ0v) is 13.0. The van der Waals surface area contributed by atoms with Gasteiger partial charge in [0, 0.05) is 25.2 Å². The maximum Gasteiger partial charge on any atom is 0.119 e. The molecule has 3 atom stereocenters. The average Bonchev–Trinajstić information content (AvgIpc) is 2.75. The molecule has 0 saturated carbocycles. The van der Waals surface area contributed by atoms with E-state index < -0.39 is 0 Å². The lowest BCUT2D eigenvalue weighted by molar-refractivity contribution is 0.249. The van der Waals surface area contributed by atoms with E-state index in [1.165, 1.54) is 18.5 Å². The first-order valence-electron chi connectivity index (χ1n) is 7.82. The zero-order chi connectivity index (χ0) is 14.5. The van der Waals surface area contributed by atoms with Crippen LogP contribution in [-0.4, -0.2) is 30.6 Å². The molecule has 2 rings (SSSR count). The Labute approximate surface area is 123 Å². The van der Waals surface area contributed by atoms with Gasteiger partial charge in [-0.3, -0.25) is 4.90 Å². The summed E-state index contributed by atoms with van der Waals surface area (Å²) in [6, 6.07) is 8.99. The summed E-state index contributed by atoms with van der Waals surface area (Å²) in [5.74, 6) is 1.73. The van der Waals surface area contributed by atoms with Crippen molar-refractivity contribution in [1.29, 1.82) is 0 Å². The molecule has 3 heteroatoms. The van der Waals surface area contributed by atoms with Gasteiger partial charge in [-0.15, -0.1) is 0 Å². The van der Waals surface area contributed by atoms with Crippen LogP contribution in [0.15, 0.2) is 24.3 Å². The largest absolute Gasteiger partial charge is 0.494 e. The van der Waals surface area contributed by atoms with Crippen LogP contribution in [0.25, 0.3) is 0 Å². The summed E-state index contributed by atoms with van der Waals surface area (Å²) in [5, 5.41) is 0. The van der Waals surface area contributed by atoms with Crippen molar-refractivity contribution in [3.63, 3.8) is 0 Å². The van der Waals surface area contributed by atoms with Crippen LogP contribution < -0.4 is 10.5 Å². The van der Waals surface area contributed by atoms with Gasteiger partial charge in [-0.25, -0.2) is 0 Å². The Balaban J connectivity index is 1.90. The highest BCUT2D eigenvalue weighted by molar-refractivity contribution is 5.29. The summed E-state index contributed by atoms with van der Waals surface area (Å²) < 4.78 is 5.60. The Morgan fingerprint density at radius 1 is 1.30 bits per heavy atom. The van der Waals surface area contributed by atoms with E-state index in [-0.39, 0.29) is 6.04 Å². The summed E-state index contributed by atoms with van der Waals surface area (Å²) >= 11 is 0. The Morgan fingerprint density at radius 3 is 2.55 bits per heavy atom. The van der Waals surface area contributed by atoms with E-state index in [0.29, 0.717) is 6.04 Å². The second-order valence-electron chi connectivity index (χ2n) is 6.17. The van der Waals surface area contributed by atoms with E-state index in [0.717, 1.165) is 31.2 Å². The molecule has 1 saturated heterocycles. The minimum absolute atomic E-state index is 0.0861. The second kappa shape index (κ2) is 7.09. The highest BCUT2D eigenvalue weighted by atomic mass is 16.5. The fraction of sp³-hybridized carbons (Fsp3) is 0.647. The molecule has 2 N–H and O–H groups in total. The molecule has 1 heterocycles. The number of nitrogens with two attached hydrogens (primary N) is 1. The molecule has 20 heavy (non-hydrogen) atoms. The van der Waals surface area contributed by atoms with E-state index in [2.05, 4.69) is 37.8 Å². The van der Waals surface area contributed by atoms with Gasteiger partial charge >= 0.3 is 0 Å². The van der Waals surface area contributed by atoms with Crippen molar-refractivity contribution < 1.29 is 4.74 Å². The van der Waals surface area contributed by atoms with Gasteiger partial charge in [0.2, 0.25) is 0 Å². The van der Waals surface area contributed by atoms with E-state index in [4.69, 9.17) is 10.5 Å². The van der Waals surface area contributed by atoms with Crippen LogP contribution in [-0.2, 0) is 0 Å². The molecule has 1 aliphatic rings. The molecule has 0 radical (unpaired) electrons. The molecule has 3 unspecified atom stereocenters. The summed E-state index contributed by atoms with van der Waals surface area (Å²) in [4.78, 5) is 2.51. The van der Waals surface area contributed by atoms with Gasteiger partial charge in [0.25, 0.3) is 0 Å². The number of hydrogen-bond acceptors (Lipinski definition) is 3. The first-order chi connectivity index (χ1) is 9.60. The smallest absolute Gasteiger partial charge is 0.119 e. The number of likely N-dealkylation sites (tertiary alicyclic amines) is 1. The standard InChI is InChI=1S/C17H28N2O/c1-4-9-20-16-7-5-15(6-8-16)17(18)12-19-11-13(2)10-14(19)3/h5-8,13-14,17H,4,9-12,18H2,1-3H3. The molecule has 3 nitrogen and oxygen atoms in total. The summed E-state index contributed by atoms with van der Waals surface area (Å²) in [7, 11) is 0. The zero-order valence-electron chi connectivity index (χ0n) is 13.0. The van der Waals surface area contributed by atoms with Crippen molar-refractivity contribution in [2.75, 3.05) is 19.7 Å². The topological polar surface area (TPSA) is 38.5 Å². The van der Waals surface area contributed by atoms with Gasteiger partial charge in [-0.2, -0.15) is 0 Å². The summed E-state index contributed by atoms with van der Waals surface area (Å²) in [6.07, 6.45) is 2.32. The first kappa shape index (κ1) is 15.3. The Morgan fingerprint density at radius 2 is 2.00 bits per heavy atom. The normalized spacial score (nSPS) is 24.8. The molecule has 1 aromatic rings. The quantitative estimate of drug-likeness (QED) is 0.867. The third kappa shape index (κ3) is 3.97.